The first-order chi connectivity index (χ1) is 5.77. The first-order valence-electron chi connectivity index (χ1n) is 4.14. The number of ether oxygens (including phenoxy) is 1. The van der Waals surface area contributed by atoms with Gasteiger partial charge in [-0.3, -0.25) is 4.68 Å². The van der Waals surface area contributed by atoms with E-state index >= 15 is 0 Å². The van der Waals surface area contributed by atoms with Crippen molar-refractivity contribution >= 4 is 0 Å². The molecular formula is C8H13N3O. The van der Waals surface area contributed by atoms with Crippen LogP contribution >= 0.6 is 0 Å². The second kappa shape index (κ2) is 2.88. The van der Waals surface area contributed by atoms with Crippen LogP contribution in [-0.2, 0) is 11.8 Å². The van der Waals surface area contributed by atoms with Crippen molar-refractivity contribution in [1.29, 1.82) is 0 Å². The van der Waals surface area contributed by atoms with Crippen LogP contribution in [0.4, 0.5) is 0 Å². The van der Waals surface area contributed by atoms with Crippen molar-refractivity contribution in [1.82, 2.24) is 9.78 Å². The van der Waals surface area contributed by atoms with Gasteiger partial charge in [0.15, 0.2) is 0 Å². The molecule has 0 spiro atoms. The number of nitrogens with zero attached hydrogens (tertiary/aromatic N) is 2. The molecule has 2 atom stereocenters. The number of nitrogens with two attached hydrogens (primary N) is 1. The van der Waals surface area contributed by atoms with Gasteiger partial charge in [-0.2, -0.15) is 5.10 Å². The molecule has 12 heavy (non-hydrogen) atoms. The minimum Gasteiger partial charge on any atom is -0.370 e. The van der Waals surface area contributed by atoms with E-state index in [0.717, 1.165) is 18.7 Å². The summed E-state index contributed by atoms with van der Waals surface area (Å²) in [6.07, 6.45) is 2.84. The van der Waals surface area contributed by atoms with E-state index in [0.29, 0.717) is 0 Å². The van der Waals surface area contributed by atoms with Crippen LogP contribution in [0.15, 0.2) is 12.3 Å². The highest BCUT2D eigenvalue weighted by atomic mass is 16.5. The first-order valence-corrected chi connectivity index (χ1v) is 4.14. The Kier molecular flexibility index (Phi) is 1.86. The summed E-state index contributed by atoms with van der Waals surface area (Å²) in [5, 5.41) is 4.25. The van der Waals surface area contributed by atoms with E-state index in [-0.39, 0.29) is 12.1 Å². The van der Waals surface area contributed by atoms with Gasteiger partial charge in [-0.1, -0.05) is 0 Å². The third kappa shape index (κ3) is 1.23. The van der Waals surface area contributed by atoms with Gasteiger partial charge in [-0.15, -0.1) is 0 Å². The molecule has 0 aliphatic carbocycles. The van der Waals surface area contributed by atoms with E-state index in [9.17, 15) is 0 Å². The molecule has 4 heteroatoms. The molecule has 1 aliphatic heterocycles. The van der Waals surface area contributed by atoms with Crippen molar-refractivity contribution < 1.29 is 4.74 Å². The number of rotatable bonds is 1. The van der Waals surface area contributed by atoms with Gasteiger partial charge >= 0.3 is 0 Å². The van der Waals surface area contributed by atoms with Crippen LogP contribution in [0.2, 0.25) is 0 Å². The molecule has 1 aliphatic rings. The molecule has 1 aromatic heterocycles. The predicted octanol–water partition coefficient (Wildman–Crippen LogP) is 0.209. The zero-order valence-electron chi connectivity index (χ0n) is 7.10. The third-order valence-electron chi connectivity index (χ3n) is 2.16. The van der Waals surface area contributed by atoms with Crippen LogP contribution in [-0.4, -0.2) is 22.4 Å². The maximum absolute atomic E-state index is 5.85. The summed E-state index contributed by atoms with van der Waals surface area (Å²) in [6, 6.07) is 2.07. The zero-order chi connectivity index (χ0) is 8.55. The minimum absolute atomic E-state index is 0.00574. The quantitative estimate of drug-likeness (QED) is 0.650. The van der Waals surface area contributed by atoms with Gasteiger partial charge in [0.05, 0.1) is 5.69 Å². The SMILES string of the molecule is Cn1ccc(C2OCCC2N)n1. The van der Waals surface area contributed by atoms with Gasteiger partial charge in [-0.25, -0.2) is 0 Å². The highest BCUT2D eigenvalue weighted by Crippen LogP contribution is 2.25. The Morgan fingerprint density at radius 2 is 2.58 bits per heavy atom. The number of hydrogen-bond donors (Lipinski definition) is 1. The van der Waals surface area contributed by atoms with Crippen molar-refractivity contribution in [2.75, 3.05) is 6.61 Å². The molecule has 1 saturated heterocycles. The lowest BCUT2D eigenvalue weighted by Crippen LogP contribution is -2.23. The maximum Gasteiger partial charge on any atom is 0.116 e. The van der Waals surface area contributed by atoms with Crippen molar-refractivity contribution in [3.63, 3.8) is 0 Å². The number of hydrogen-bond acceptors (Lipinski definition) is 3. The van der Waals surface area contributed by atoms with E-state index in [1.807, 2.05) is 19.3 Å². The Morgan fingerprint density at radius 1 is 1.75 bits per heavy atom. The topological polar surface area (TPSA) is 53.1 Å². The molecule has 0 aromatic carbocycles. The molecule has 66 valence electrons. The Bertz CT molecular complexity index is 271. The summed E-state index contributed by atoms with van der Waals surface area (Å²) in [5.41, 5.74) is 6.79. The van der Waals surface area contributed by atoms with Crippen LogP contribution in [0, 0.1) is 0 Å². The summed E-state index contributed by atoms with van der Waals surface area (Å²) in [6.45, 7) is 0.752. The van der Waals surface area contributed by atoms with Crippen LogP contribution in [0.5, 0.6) is 0 Å². The molecule has 1 aromatic rings. The van der Waals surface area contributed by atoms with E-state index in [4.69, 9.17) is 10.5 Å². The average molecular weight is 167 g/mol. The highest BCUT2D eigenvalue weighted by Gasteiger charge is 2.27. The minimum atomic E-state index is 0.00574. The number of aryl methyl sites for hydroxylation is 1. The molecular weight excluding hydrogens is 154 g/mol. The normalized spacial score (nSPS) is 29.5. The standard InChI is InChI=1S/C8H13N3O/c1-11-4-2-7(10-11)8-6(9)3-5-12-8/h2,4,6,8H,3,5,9H2,1H3. The van der Waals surface area contributed by atoms with Gasteiger partial charge in [-0.05, 0) is 12.5 Å². The fourth-order valence-electron chi connectivity index (χ4n) is 1.50. The molecule has 0 saturated carbocycles. The zero-order valence-corrected chi connectivity index (χ0v) is 7.10. The van der Waals surface area contributed by atoms with Gasteiger partial charge in [0, 0.05) is 25.9 Å². The van der Waals surface area contributed by atoms with E-state index < -0.39 is 0 Å². The average Bonchev–Trinajstić information content (AvgIpc) is 2.58. The monoisotopic (exact) mass is 167 g/mol. The second-order valence-electron chi connectivity index (χ2n) is 3.16. The van der Waals surface area contributed by atoms with Crippen molar-refractivity contribution in [3.8, 4) is 0 Å². The molecule has 2 rings (SSSR count). The number of aromatic nitrogens is 2. The summed E-state index contributed by atoms with van der Waals surface area (Å²) in [4.78, 5) is 0. The van der Waals surface area contributed by atoms with Crippen molar-refractivity contribution in [2.45, 2.75) is 18.6 Å². The molecule has 0 radical (unpaired) electrons. The lowest BCUT2D eigenvalue weighted by atomic mass is 10.1. The lowest BCUT2D eigenvalue weighted by molar-refractivity contribution is 0.101. The van der Waals surface area contributed by atoms with Crippen LogP contribution in [0.1, 0.15) is 18.2 Å². The molecule has 1 fully saturated rings. The third-order valence-corrected chi connectivity index (χ3v) is 2.16. The van der Waals surface area contributed by atoms with Crippen LogP contribution in [0.25, 0.3) is 0 Å². The van der Waals surface area contributed by atoms with Gasteiger partial charge in [0.25, 0.3) is 0 Å². The lowest BCUT2D eigenvalue weighted by Gasteiger charge is -2.10. The van der Waals surface area contributed by atoms with Gasteiger partial charge in [0.1, 0.15) is 6.10 Å². The van der Waals surface area contributed by atoms with Crippen molar-refractivity contribution in [2.24, 2.45) is 12.8 Å². The molecule has 2 unspecified atom stereocenters. The van der Waals surface area contributed by atoms with E-state index in [1.54, 1.807) is 4.68 Å². The fraction of sp³-hybridized carbons (Fsp3) is 0.625. The Hall–Kier alpha value is -0.870. The second-order valence-corrected chi connectivity index (χ2v) is 3.16. The Balaban J connectivity index is 2.19. The van der Waals surface area contributed by atoms with E-state index in [2.05, 4.69) is 5.10 Å². The molecule has 0 bridgehead atoms. The smallest absolute Gasteiger partial charge is 0.116 e. The maximum atomic E-state index is 5.85. The van der Waals surface area contributed by atoms with Crippen LogP contribution < -0.4 is 5.73 Å². The van der Waals surface area contributed by atoms with Crippen LogP contribution in [0.3, 0.4) is 0 Å². The Morgan fingerprint density at radius 3 is 3.08 bits per heavy atom. The summed E-state index contributed by atoms with van der Waals surface area (Å²) >= 11 is 0. The first kappa shape index (κ1) is 7.76. The van der Waals surface area contributed by atoms with E-state index in [1.165, 1.54) is 0 Å². The molecule has 4 nitrogen and oxygen atoms in total. The summed E-state index contributed by atoms with van der Waals surface area (Å²) < 4.78 is 7.23. The highest BCUT2D eigenvalue weighted by molar-refractivity contribution is 5.07. The molecule has 0 amide bonds. The van der Waals surface area contributed by atoms with Crippen molar-refractivity contribution in [3.05, 3.63) is 18.0 Å². The largest absolute Gasteiger partial charge is 0.370 e. The van der Waals surface area contributed by atoms with Gasteiger partial charge < -0.3 is 10.5 Å². The fourth-order valence-corrected chi connectivity index (χ4v) is 1.50. The summed E-state index contributed by atoms with van der Waals surface area (Å²) in [5.74, 6) is 0. The van der Waals surface area contributed by atoms with Gasteiger partial charge in [0.2, 0.25) is 0 Å². The molecule has 2 heterocycles. The summed E-state index contributed by atoms with van der Waals surface area (Å²) in [7, 11) is 1.89. The molecule has 2 N–H and O–H groups in total. The Labute approximate surface area is 71.3 Å². The predicted molar refractivity (Wildman–Crippen MR) is 44.5 cm³/mol.